The summed E-state index contributed by atoms with van der Waals surface area (Å²) in [5.74, 6) is 0. The molecule has 1 unspecified atom stereocenters. The molecule has 0 bridgehead atoms. The Bertz CT molecular complexity index is 165. The summed E-state index contributed by atoms with van der Waals surface area (Å²) in [6.45, 7) is 5.14. The largest absolute Gasteiger partial charge is 0.377 e. The molecule has 0 aromatic carbocycles. The third-order valence-electron chi connectivity index (χ3n) is 3.07. The van der Waals surface area contributed by atoms with Crippen LogP contribution in [0.2, 0.25) is 0 Å². The molecule has 0 spiro atoms. The number of rotatable bonds is 8. The molecule has 1 N–H and O–H groups in total. The van der Waals surface area contributed by atoms with Crippen molar-refractivity contribution in [3.8, 4) is 0 Å². The summed E-state index contributed by atoms with van der Waals surface area (Å²) in [6.07, 6.45) is 5.89. The molecule has 1 rings (SSSR count). The van der Waals surface area contributed by atoms with Crippen LogP contribution < -0.4 is 5.32 Å². The van der Waals surface area contributed by atoms with Crippen LogP contribution in [0, 0.1) is 0 Å². The third-order valence-corrected chi connectivity index (χ3v) is 3.07. The molecule has 0 amide bonds. The maximum Gasteiger partial charge on any atom is 0.112 e. The summed E-state index contributed by atoms with van der Waals surface area (Å²) in [5, 5.41) is 3.45. The van der Waals surface area contributed by atoms with Crippen molar-refractivity contribution in [1.29, 1.82) is 0 Å². The van der Waals surface area contributed by atoms with Crippen molar-refractivity contribution in [2.75, 3.05) is 19.9 Å². The van der Waals surface area contributed by atoms with Crippen LogP contribution in [0.3, 0.4) is 0 Å². The quantitative estimate of drug-likeness (QED) is 0.675. The Morgan fingerprint density at radius 1 is 1.27 bits per heavy atom. The lowest BCUT2D eigenvalue weighted by atomic mass is 9.95. The van der Waals surface area contributed by atoms with E-state index in [1.807, 2.05) is 0 Å². The van der Waals surface area contributed by atoms with Crippen molar-refractivity contribution in [1.82, 2.24) is 5.32 Å². The standard InChI is InChI=1S/C12H24FNO/c1-3-5-7-11(6-4-2)14-12(8-13)9-15-10-12/h11,14H,3-10H2,1-2H3. The van der Waals surface area contributed by atoms with Gasteiger partial charge in [0.05, 0.1) is 18.8 Å². The highest BCUT2D eigenvalue weighted by molar-refractivity contribution is 4.96. The fraction of sp³-hybridized carbons (Fsp3) is 1.00. The number of hydrogen-bond donors (Lipinski definition) is 1. The van der Waals surface area contributed by atoms with Gasteiger partial charge in [-0.25, -0.2) is 4.39 Å². The minimum atomic E-state index is -0.354. The van der Waals surface area contributed by atoms with Gasteiger partial charge in [-0.15, -0.1) is 0 Å². The lowest BCUT2D eigenvalue weighted by Gasteiger charge is -2.42. The monoisotopic (exact) mass is 217 g/mol. The first-order valence-corrected chi connectivity index (χ1v) is 6.17. The third kappa shape index (κ3) is 3.72. The molecule has 0 radical (unpaired) electrons. The van der Waals surface area contributed by atoms with E-state index >= 15 is 0 Å². The summed E-state index contributed by atoms with van der Waals surface area (Å²) >= 11 is 0. The molecular weight excluding hydrogens is 193 g/mol. The van der Waals surface area contributed by atoms with Crippen LogP contribution in [0.1, 0.15) is 46.0 Å². The zero-order chi connectivity index (χ0) is 11.1. The Kier molecular flexibility index (Phi) is 5.54. The number of ether oxygens (including phenoxy) is 1. The number of hydrogen-bond acceptors (Lipinski definition) is 2. The van der Waals surface area contributed by atoms with Crippen LogP contribution in [0.15, 0.2) is 0 Å². The summed E-state index contributed by atoms with van der Waals surface area (Å²) in [5.41, 5.74) is -0.354. The lowest BCUT2D eigenvalue weighted by molar-refractivity contribution is -0.0902. The zero-order valence-electron chi connectivity index (χ0n) is 10.0. The van der Waals surface area contributed by atoms with Gasteiger partial charge >= 0.3 is 0 Å². The molecule has 0 aromatic heterocycles. The van der Waals surface area contributed by atoms with Crippen LogP contribution in [-0.2, 0) is 4.74 Å². The Hall–Kier alpha value is -0.150. The topological polar surface area (TPSA) is 21.3 Å². The average molecular weight is 217 g/mol. The first kappa shape index (κ1) is 12.9. The number of halogens is 1. The van der Waals surface area contributed by atoms with Gasteiger partial charge in [-0.2, -0.15) is 0 Å². The Morgan fingerprint density at radius 2 is 2.00 bits per heavy atom. The second kappa shape index (κ2) is 6.44. The molecule has 2 nitrogen and oxygen atoms in total. The van der Waals surface area contributed by atoms with Crippen molar-refractivity contribution in [3.05, 3.63) is 0 Å². The molecule has 15 heavy (non-hydrogen) atoms. The molecule has 1 saturated heterocycles. The van der Waals surface area contributed by atoms with Crippen molar-refractivity contribution >= 4 is 0 Å². The number of nitrogens with one attached hydrogen (secondary N) is 1. The molecule has 1 aliphatic heterocycles. The molecule has 1 fully saturated rings. The molecule has 3 heteroatoms. The molecule has 1 heterocycles. The molecule has 1 atom stereocenters. The van der Waals surface area contributed by atoms with Gasteiger partial charge in [0.1, 0.15) is 6.67 Å². The van der Waals surface area contributed by atoms with Crippen LogP contribution in [0.25, 0.3) is 0 Å². The van der Waals surface area contributed by atoms with Gasteiger partial charge < -0.3 is 10.1 Å². The van der Waals surface area contributed by atoms with Gasteiger partial charge in [-0.05, 0) is 12.8 Å². The molecular formula is C12H24FNO. The Balaban J connectivity index is 2.34. The van der Waals surface area contributed by atoms with E-state index in [9.17, 15) is 4.39 Å². The molecule has 0 saturated carbocycles. The second-order valence-electron chi connectivity index (χ2n) is 4.68. The zero-order valence-corrected chi connectivity index (χ0v) is 10.0. The van der Waals surface area contributed by atoms with Gasteiger partial charge in [0.15, 0.2) is 0 Å². The normalized spacial score (nSPS) is 21.0. The van der Waals surface area contributed by atoms with Gasteiger partial charge in [0.25, 0.3) is 0 Å². The van der Waals surface area contributed by atoms with Crippen molar-refractivity contribution < 1.29 is 9.13 Å². The van der Waals surface area contributed by atoms with Gasteiger partial charge in [-0.1, -0.05) is 33.1 Å². The fourth-order valence-corrected chi connectivity index (χ4v) is 2.07. The van der Waals surface area contributed by atoms with E-state index in [2.05, 4.69) is 19.2 Å². The Morgan fingerprint density at radius 3 is 2.40 bits per heavy atom. The van der Waals surface area contributed by atoms with E-state index in [1.165, 1.54) is 12.8 Å². The summed E-state index contributed by atoms with van der Waals surface area (Å²) in [6, 6.07) is 0.467. The summed E-state index contributed by atoms with van der Waals surface area (Å²) in [7, 11) is 0. The van der Waals surface area contributed by atoms with Crippen LogP contribution >= 0.6 is 0 Å². The first-order chi connectivity index (χ1) is 7.26. The Labute approximate surface area is 92.6 Å². The first-order valence-electron chi connectivity index (χ1n) is 6.17. The highest BCUT2D eigenvalue weighted by Gasteiger charge is 2.39. The molecule has 90 valence electrons. The van der Waals surface area contributed by atoms with Gasteiger partial charge in [0, 0.05) is 6.04 Å². The van der Waals surface area contributed by atoms with E-state index < -0.39 is 0 Å². The predicted molar refractivity (Wildman–Crippen MR) is 60.9 cm³/mol. The highest BCUT2D eigenvalue weighted by Crippen LogP contribution is 2.21. The van der Waals surface area contributed by atoms with Gasteiger partial charge in [-0.3, -0.25) is 0 Å². The minimum Gasteiger partial charge on any atom is -0.377 e. The van der Waals surface area contributed by atoms with Crippen LogP contribution in [0.5, 0.6) is 0 Å². The molecule has 1 aliphatic rings. The second-order valence-corrected chi connectivity index (χ2v) is 4.68. The molecule has 0 aromatic rings. The van der Waals surface area contributed by atoms with Crippen molar-refractivity contribution in [2.24, 2.45) is 0 Å². The van der Waals surface area contributed by atoms with Crippen LogP contribution in [-0.4, -0.2) is 31.5 Å². The van der Waals surface area contributed by atoms with E-state index in [0.29, 0.717) is 19.3 Å². The van der Waals surface area contributed by atoms with Crippen LogP contribution in [0.4, 0.5) is 4.39 Å². The summed E-state index contributed by atoms with van der Waals surface area (Å²) < 4.78 is 18.0. The average Bonchev–Trinajstić information content (AvgIpc) is 2.20. The van der Waals surface area contributed by atoms with Crippen molar-refractivity contribution in [3.63, 3.8) is 0 Å². The SMILES string of the molecule is CCCCC(CCC)NC1(CF)COC1. The minimum absolute atomic E-state index is 0.306. The lowest BCUT2D eigenvalue weighted by Crippen LogP contribution is -2.64. The predicted octanol–water partition coefficient (Wildman–Crippen LogP) is 2.67. The highest BCUT2D eigenvalue weighted by atomic mass is 19.1. The molecule has 0 aliphatic carbocycles. The maximum absolute atomic E-state index is 12.9. The van der Waals surface area contributed by atoms with E-state index in [-0.39, 0.29) is 12.2 Å². The fourth-order valence-electron chi connectivity index (χ4n) is 2.07. The van der Waals surface area contributed by atoms with E-state index in [0.717, 1.165) is 19.3 Å². The van der Waals surface area contributed by atoms with Gasteiger partial charge in [0.2, 0.25) is 0 Å². The van der Waals surface area contributed by atoms with E-state index in [1.54, 1.807) is 0 Å². The van der Waals surface area contributed by atoms with E-state index in [4.69, 9.17) is 4.74 Å². The number of alkyl halides is 1. The smallest absolute Gasteiger partial charge is 0.112 e. The number of unbranched alkanes of at least 4 members (excludes halogenated alkanes) is 1. The van der Waals surface area contributed by atoms with Crippen molar-refractivity contribution in [2.45, 2.75) is 57.5 Å². The maximum atomic E-state index is 12.9. The summed E-state index contributed by atoms with van der Waals surface area (Å²) in [4.78, 5) is 0.